The summed E-state index contributed by atoms with van der Waals surface area (Å²) in [7, 11) is 0. The molecule has 0 saturated carbocycles. The highest BCUT2D eigenvalue weighted by Gasteiger charge is 2.11. The molecule has 16 heavy (non-hydrogen) atoms. The molecule has 94 valence electrons. The van der Waals surface area contributed by atoms with E-state index in [1.54, 1.807) is 6.92 Å². The minimum absolute atomic E-state index is 0.234. The van der Waals surface area contributed by atoms with Crippen molar-refractivity contribution in [3.05, 3.63) is 0 Å². The van der Waals surface area contributed by atoms with Crippen LogP contribution in [0.3, 0.4) is 0 Å². The van der Waals surface area contributed by atoms with Gasteiger partial charge in [-0.25, -0.2) is 0 Å². The molecule has 0 N–H and O–H groups in total. The van der Waals surface area contributed by atoms with Crippen molar-refractivity contribution in [1.82, 2.24) is 0 Å². The maximum absolute atomic E-state index is 10.7. The van der Waals surface area contributed by atoms with Gasteiger partial charge >= 0.3 is 11.9 Å². The predicted octanol–water partition coefficient (Wildman–Crippen LogP) is 1.30. The number of hydrogen-bond acceptors (Lipinski definition) is 5. The number of carbonyl (C=O) groups is 2. The molecule has 0 saturated heterocycles. The summed E-state index contributed by atoms with van der Waals surface area (Å²) < 4.78 is 15.2. The number of rotatable bonds is 7. The zero-order chi connectivity index (χ0) is 12.6. The second kappa shape index (κ2) is 8.10. The lowest BCUT2D eigenvalue weighted by Gasteiger charge is -2.17. The fourth-order valence-electron chi connectivity index (χ4n) is 1.15. The van der Waals surface area contributed by atoms with E-state index in [9.17, 15) is 9.59 Å². The molecule has 0 aromatic heterocycles. The average Bonchev–Trinajstić information content (AvgIpc) is 2.14. The minimum atomic E-state index is -0.330. The van der Waals surface area contributed by atoms with Crippen LogP contribution in [0.2, 0.25) is 0 Å². The van der Waals surface area contributed by atoms with Crippen molar-refractivity contribution in [2.75, 3.05) is 13.2 Å². The van der Waals surface area contributed by atoms with E-state index in [1.807, 2.05) is 6.92 Å². The van der Waals surface area contributed by atoms with Crippen LogP contribution < -0.4 is 0 Å². The van der Waals surface area contributed by atoms with E-state index >= 15 is 0 Å². The third-order valence-corrected chi connectivity index (χ3v) is 1.81. The van der Waals surface area contributed by atoms with Gasteiger partial charge in [-0.3, -0.25) is 9.59 Å². The first-order valence-electron chi connectivity index (χ1n) is 5.37. The molecule has 2 atom stereocenters. The van der Waals surface area contributed by atoms with E-state index in [2.05, 4.69) is 0 Å². The van der Waals surface area contributed by atoms with Gasteiger partial charge in [-0.1, -0.05) is 6.92 Å². The Morgan fingerprint density at radius 3 is 2.06 bits per heavy atom. The molecule has 0 aliphatic rings. The quantitative estimate of drug-likeness (QED) is 0.619. The summed E-state index contributed by atoms with van der Waals surface area (Å²) >= 11 is 0. The Balaban J connectivity index is 3.69. The van der Waals surface area contributed by atoms with Crippen LogP contribution in [0.1, 0.15) is 34.1 Å². The highest BCUT2D eigenvalue weighted by atomic mass is 16.6. The van der Waals surface area contributed by atoms with E-state index in [4.69, 9.17) is 14.2 Å². The molecular weight excluding hydrogens is 212 g/mol. The van der Waals surface area contributed by atoms with Gasteiger partial charge in [0.05, 0.1) is 13.2 Å². The summed E-state index contributed by atoms with van der Waals surface area (Å²) in [4.78, 5) is 21.3. The van der Waals surface area contributed by atoms with Crippen molar-refractivity contribution < 1.29 is 23.8 Å². The monoisotopic (exact) mass is 232 g/mol. The lowest BCUT2D eigenvalue weighted by Crippen LogP contribution is -2.25. The molecule has 0 fully saturated rings. The molecule has 0 aromatic rings. The van der Waals surface area contributed by atoms with Crippen molar-refractivity contribution in [3.63, 3.8) is 0 Å². The lowest BCUT2D eigenvalue weighted by atomic mass is 10.3. The number of ether oxygens (including phenoxy) is 3. The first-order valence-corrected chi connectivity index (χ1v) is 5.37. The molecular formula is C11H20O5. The Bertz CT molecular complexity index is 226. The Morgan fingerprint density at radius 1 is 1.06 bits per heavy atom. The Labute approximate surface area is 96.1 Å². The fraction of sp³-hybridized carbons (Fsp3) is 0.818. The van der Waals surface area contributed by atoms with Crippen molar-refractivity contribution in [1.29, 1.82) is 0 Å². The molecule has 0 rings (SSSR count). The summed E-state index contributed by atoms with van der Waals surface area (Å²) in [5.74, 6) is -0.647. The molecule has 0 spiro atoms. The second-order valence-electron chi connectivity index (χ2n) is 3.60. The van der Waals surface area contributed by atoms with Crippen LogP contribution in [0, 0.1) is 0 Å². The summed E-state index contributed by atoms with van der Waals surface area (Å²) in [6.07, 6.45) is 0.177. The molecule has 0 heterocycles. The van der Waals surface area contributed by atoms with Gasteiger partial charge in [-0.15, -0.1) is 0 Å². The molecule has 0 amide bonds. The maximum Gasteiger partial charge on any atom is 0.302 e. The van der Waals surface area contributed by atoms with Crippen molar-refractivity contribution >= 4 is 11.9 Å². The van der Waals surface area contributed by atoms with Crippen LogP contribution in [-0.2, 0) is 23.8 Å². The van der Waals surface area contributed by atoms with E-state index in [-0.39, 0.29) is 24.1 Å². The smallest absolute Gasteiger partial charge is 0.302 e. The van der Waals surface area contributed by atoms with E-state index in [0.29, 0.717) is 19.6 Å². The molecule has 0 radical (unpaired) electrons. The first kappa shape index (κ1) is 14.9. The van der Waals surface area contributed by atoms with Gasteiger partial charge in [0.25, 0.3) is 0 Å². The molecule has 0 aliphatic carbocycles. The van der Waals surface area contributed by atoms with Crippen LogP contribution >= 0.6 is 0 Å². The topological polar surface area (TPSA) is 61.8 Å². The molecule has 5 nitrogen and oxygen atoms in total. The van der Waals surface area contributed by atoms with Gasteiger partial charge in [-0.05, 0) is 13.3 Å². The van der Waals surface area contributed by atoms with Crippen molar-refractivity contribution in [2.24, 2.45) is 0 Å². The second-order valence-corrected chi connectivity index (χ2v) is 3.60. The van der Waals surface area contributed by atoms with Gasteiger partial charge < -0.3 is 14.2 Å². The fourth-order valence-corrected chi connectivity index (χ4v) is 1.15. The van der Waals surface area contributed by atoms with Crippen molar-refractivity contribution in [3.8, 4) is 0 Å². The van der Waals surface area contributed by atoms with Crippen LogP contribution in [0.4, 0.5) is 0 Å². The Hall–Kier alpha value is -1.10. The van der Waals surface area contributed by atoms with Gasteiger partial charge in [0, 0.05) is 13.8 Å². The molecule has 5 heteroatoms. The summed E-state index contributed by atoms with van der Waals surface area (Å²) in [5.41, 5.74) is 0. The number of carbonyl (C=O) groups excluding carboxylic acids is 2. The van der Waals surface area contributed by atoms with E-state index < -0.39 is 0 Å². The maximum atomic E-state index is 10.7. The number of hydrogen-bond donors (Lipinski definition) is 0. The summed E-state index contributed by atoms with van der Waals surface area (Å²) in [5, 5.41) is 0. The summed E-state index contributed by atoms with van der Waals surface area (Å²) in [6.45, 7) is 6.99. The van der Waals surface area contributed by atoms with Gasteiger partial charge in [0.1, 0.15) is 12.2 Å². The standard InChI is InChI=1S/C11H20O5/c1-5-11(16-10(4)13)7-14-6-8(2)15-9(3)12/h8,11H,5-7H2,1-4H3/t8-,11-/m1/s1. The largest absolute Gasteiger partial charge is 0.460 e. The lowest BCUT2D eigenvalue weighted by molar-refractivity contribution is -0.152. The van der Waals surface area contributed by atoms with Gasteiger partial charge in [0.15, 0.2) is 0 Å². The zero-order valence-corrected chi connectivity index (χ0v) is 10.3. The molecule has 0 bridgehead atoms. The van der Waals surface area contributed by atoms with Crippen LogP contribution in [-0.4, -0.2) is 37.4 Å². The van der Waals surface area contributed by atoms with Crippen molar-refractivity contribution in [2.45, 2.75) is 46.3 Å². The van der Waals surface area contributed by atoms with Crippen LogP contribution in [0.25, 0.3) is 0 Å². The highest BCUT2D eigenvalue weighted by Crippen LogP contribution is 2.01. The van der Waals surface area contributed by atoms with Crippen LogP contribution in [0.15, 0.2) is 0 Å². The average molecular weight is 232 g/mol. The Kier molecular flexibility index (Phi) is 7.54. The Morgan fingerprint density at radius 2 is 1.62 bits per heavy atom. The molecule has 0 unspecified atom stereocenters. The first-order chi connectivity index (χ1) is 7.45. The minimum Gasteiger partial charge on any atom is -0.460 e. The van der Waals surface area contributed by atoms with Crippen LogP contribution in [0.5, 0.6) is 0 Å². The van der Waals surface area contributed by atoms with E-state index in [0.717, 1.165) is 0 Å². The SMILES string of the molecule is CC[C@H](COC[C@@H](C)OC(C)=O)OC(C)=O. The predicted molar refractivity (Wildman–Crippen MR) is 57.9 cm³/mol. The van der Waals surface area contributed by atoms with E-state index in [1.165, 1.54) is 13.8 Å². The summed E-state index contributed by atoms with van der Waals surface area (Å²) in [6, 6.07) is 0. The van der Waals surface area contributed by atoms with Gasteiger partial charge in [-0.2, -0.15) is 0 Å². The zero-order valence-electron chi connectivity index (χ0n) is 10.3. The molecule has 0 aromatic carbocycles. The molecule has 0 aliphatic heterocycles. The number of esters is 2. The highest BCUT2D eigenvalue weighted by molar-refractivity contribution is 5.66. The third-order valence-electron chi connectivity index (χ3n) is 1.81. The normalized spacial score (nSPS) is 14.0. The third kappa shape index (κ3) is 8.23. The van der Waals surface area contributed by atoms with Gasteiger partial charge in [0.2, 0.25) is 0 Å².